The van der Waals surface area contributed by atoms with Gasteiger partial charge in [0.05, 0.1) is 13.5 Å². The molecule has 0 aliphatic carbocycles. The van der Waals surface area contributed by atoms with Gasteiger partial charge >= 0.3 is 5.97 Å². The number of thioether (sulfide) groups is 1. The van der Waals surface area contributed by atoms with Crippen molar-refractivity contribution in [1.29, 1.82) is 0 Å². The average Bonchev–Trinajstić information content (AvgIpc) is 2.45. The summed E-state index contributed by atoms with van der Waals surface area (Å²) >= 11 is 1.44. The number of methoxy groups -OCH3 is 1. The van der Waals surface area contributed by atoms with Gasteiger partial charge in [0.1, 0.15) is 0 Å². The van der Waals surface area contributed by atoms with Crippen LogP contribution in [-0.4, -0.2) is 31.3 Å². The maximum Gasteiger partial charge on any atom is 0.306 e. The number of esters is 1. The first-order valence-electron chi connectivity index (χ1n) is 7.33. The molecule has 0 aliphatic rings. The second kappa shape index (κ2) is 14.4. The largest absolute Gasteiger partial charge is 0.469 e. The monoisotopic (exact) mass is 301 g/mol. The van der Waals surface area contributed by atoms with Crippen molar-refractivity contribution in [2.24, 2.45) is 0 Å². The molecule has 0 saturated heterocycles. The van der Waals surface area contributed by atoms with Gasteiger partial charge in [-0.1, -0.05) is 39.0 Å². The van der Waals surface area contributed by atoms with Crippen molar-refractivity contribution >= 4 is 23.6 Å². The lowest BCUT2D eigenvalue weighted by Crippen LogP contribution is -2.21. The number of carbonyl (C=O) groups is 2. The van der Waals surface area contributed by atoms with E-state index in [1.54, 1.807) is 5.41 Å². The van der Waals surface area contributed by atoms with Gasteiger partial charge in [0, 0.05) is 18.4 Å². The van der Waals surface area contributed by atoms with Crippen molar-refractivity contribution < 1.29 is 14.3 Å². The third-order valence-electron chi connectivity index (χ3n) is 2.80. The molecule has 0 bridgehead atoms. The van der Waals surface area contributed by atoms with Crippen LogP contribution in [0.2, 0.25) is 0 Å². The van der Waals surface area contributed by atoms with Crippen LogP contribution < -0.4 is 5.32 Å². The van der Waals surface area contributed by atoms with Gasteiger partial charge in [0.2, 0.25) is 5.91 Å². The van der Waals surface area contributed by atoms with E-state index in [1.807, 2.05) is 0 Å². The van der Waals surface area contributed by atoms with Gasteiger partial charge in [-0.2, -0.15) is 0 Å². The third-order valence-corrected chi connectivity index (χ3v) is 3.57. The Morgan fingerprint density at radius 2 is 1.85 bits per heavy atom. The fraction of sp³-hybridized carbons (Fsp3) is 0.733. The number of carbonyl (C=O) groups excluding carboxylic acids is 2. The van der Waals surface area contributed by atoms with Crippen LogP contribution in [0.3, 0.4) is 0 Å². The van der Waals surface area contributed by atoms with Crippen molar-refractivity contribution in [3.63, 3.8) is 0 Å². The van der Waals surface area contributed by atoms with Crippen molar-refractivity contribution in [3.8, 4) is 0 Å². The number of ether oxygens (including phenoxy) is 1. The molecule has 1 amide bonds. The summed E-state index contributed by atoms with van der Waals surface area (Å²) in [4.78, 5) is 22.3. The normalized spacial score (nSPS) is 10.7. The highest BCUT2D eigenvalue weighted by Crippen LogP contribution is 2.05. The minimum atomic E-state index is -0.224. The summed E-state index contributed by atoms with van der Waals surface area (Å²) in [7, 11) is 1.37. The Morgan fingerprint density at radius 3 is 2.55 bits per heavy atom. The molecule has 4 nitrogen and oxygen atoms in total. The Labute approximate surface area is 126 Å². The Balaban J connectivity index is 3.37. The van der Waals surface area contributed by atoms with E-state index in [9.17, 15) is 9.59 Å². The standard InChI is InChI=1S/C15H27NO3S/c1-3-4-5-6-7-8-11-16-14(17)9-12-20-13-10-15(18)19-2/h9,12H,3-8,10-11,13H2,1-2H3,(H,16,17). The van der Waals surface area contributed by atoms with E-state index in [0.717, 1.165) is 13.0 Å². The first-order valence-corrected chi connectivity index (χ1v) is 8.38. The van der Waals surface area contributed by atoms with E-state index in [-0.39, 0.29) is 11.9 Å². The minimum Gasteiger partial charge on any atom is -0.469 e. The Morgan fingerprint density at radius 1 is 1.15 bits per heavy atom. The van der Waals surface area contributed by atoms with Gasteiger partial charge in [-0.05, 0) is 11.8 Å². The number of hydrogen-bond acceptors (Lipinski definition) is 4. The molecule has 20 heavy (non-hydrogen) atoms. The molecule has 0 radical (unpaired) electrons. The molecule has 0 fully saturated rings. The van der Waals surface area contributed by atoms with E-state index >= 15 is 0 Å². The average molecular weight is 301 g/mol. The van der Waals surface area contributed by atoms with Crippen LogP contribution in [-0.2, 0) is 14.3 Å². The molecule has 0 aromatic carbocycles. The highest BCUT2D eigenvalue weighted by molar-refractivity contribution is 8.02. The summed E-state index contributed by atoms with van der Waals surface area (Å²) in [5.74, 6) is 0.344. The number of unbranched alkanes of at least 4 members (excludes halogenated alkanes) is 5. The van der Waals surface area contributed by atoms with Gasteiger partial charge < -0.3 is 10.1 Å². The van der Waals surface area contributed by atoms with Crippen molar-refractivity contribution in [2.75, 3.05) is 19.4 Å². The Hall–Kier alpha value is -0.970. The van der Waals surface area contributed by atoms with Gasteiger partial charge in [-0.15, -0.1) is 11.8 Å². The molecule has 0 heterocycles. The molecule has 5 heteroatoms. The van der Waals surface area contributed by atoms with Crippen LogP contribution in [0.4, 0.5) is 0 Å². The number of rotatable bonds is 12. The molecular weight excluding hydrogens is 274 g/mol. The lowest BCUT2D eigenvalue weighted by atomic mass is 10.1. The van der Waals surface area contributed by atoms with Crippen molar-refractivity contribution in [3.05, 3.63) is 11.5 Å². The summed E-state index contributed by atoms with van der Waals surface area (Å²) in [6.07, 6.45) is 9.21. The second-order valence-electron chi connectivity index (χ2n) is 4.56. The summed E-state index contributed by atoms with van der Waals surface area (Å²) in [6.45, 7) is 2.94. The van der Waals surface area contributed by atoms with E-state index < -0.39 is 0 Å². The zero-order chi connectivity index (χ0) is 15.1. The summed E-state index contributed by atoms with van der Waals surface area (Å²) in [5, 5.41) is 4.58. The van der Waals surface area contributed by atoms with Crippen LogP contribution in [0.25, 0.3) is 0 Å². The smallest absolute Gasteiger partial charge is 0.306 e. The maximum atomic E-state index is 11.4. The molecule has 0 aromatic heterocycles. The Kier molecular flexibility index (Phi) is 13.7. The fourth-order valence-electron chi connectivity index (χ4n) is 1.60. The maximum absolute atomic E-state index is 11.4. The molecule has 0 aromatic rings. The molecule has 1 N–H and O–H groups in total. The molecule has 0 atom stereocenters. The number of amides is 1. The minimum absolute atomic E-state index is 0.0656. The van der Waals surface area contributed by atoms with Crippen LogP contribution >= 0.6 is 11.8 Å². The van der Waals surface area contributed by atoms with Crippen molar-refractivity contribution in [1.82, 2.24) is 5.32 Å². The van der Waals surface area contributed by atoms with Crippen LogP contribution in [0, 0.1) is 0 Å². The number of hydrogen-bond donors (Lipinski definition) is 1. The summed E-state index contributed by atoms with van der Waals surface area (Å²) in [6, 6.07) is 0. The predicted molar refractivity (Wildman–Crippen MR) is 84.6 cm³/mol. The fourth-order valence-corrected chi connectivity index (χ4v) is 2.24. The Bertz CT molecular complexity index is 293. The third kappa shape index (κ3) is 13.5. The van der Waals surface area contributed by atoms with E-state index in [2.05, 4.69) is 17.0 Å². The predicted octanol–water partition coefficient (Wildman–Crippen LogP) is 3.27. The highest BCUT2D eigenvalue weighted by atomic mass is 32.2. The SMILES string of the molecule is CCCCCCCCNC(=O)C=CSCCC(=O)OC. The summed E-state index contributed by atoms with van der Waals surface area (Å²) < 4.78 is 4.52. The van der Waals surface area contributed by atoms with Gasteiger partial charge in [0.25, 0.3) is 0 Å². The second-order valence-corrected chi connectivity index (χ2v) is 5.57. The quantitative estimate of drug-likeness (QED) is 0.341. The van der Waals surface area contributed by atoms with Gasteiger partial charge in [0.15, 0.2) is 0 Å². The van der Waals surface area contributed by atoms with Crippen LogP contribution in [0.1, 0.15) is 51.9 Å². The highest BCUT2D eigenvalue weighted by Gasteiger charge is 1.98. The van der Waals surface area contributed by atoms with Crippen LogP contribution in [0.5, 0.6) is 0 Å². The first-order chi connectivity index (χ1) is 9.70. The molecule has 0 aliphatic heterocycles. The zero-order valence-corrected chi connectivity index (χ0v) is 13.5. The van der Waals surface area contributed by atoms with Gasteiger partial charge in [-0.25, -0.2) is 0 Å². The first kappa shape index (κ1) is 19.0. The lowest BCUT2D eigenvalue weighted by molar-refractivity contribution is -0.140. The molecule has 0 unspecified atom stereocenters. The number of nitrogens with one attached hydrogen (secondary N) is 1. The molecule has 0 rings (SSSR count). The molecule has 0 saturated carbocycles. The van der Waals surface area contributed by atoms with E-state index in [1.165, 1.54) is 57.1 Å². The zero-order valence-electron chi connectivity index (χ0n) is 12.7. The molecular formula is C15H27NO3S. The van der Waals surface area contributed by atoms with Crippen molar-refractivity contribution in [2.45, 2.75) is 51.9 Å². The van der Waals surface area contributed by atoms with E-state index in [0.29, 0.717) is 12.2 Å². The van der Waals surface area contributed by atoms with E-state index in [4.69, 9.17) is 0 Å². The van der Waals surface area contributed by atoms with Crippen LogP contribution in [0.15, 0.2) is 11.5 Å². The lowest BCUT2D eigenvalue weighted by Gasteiger charge is -2.02. The topological polar surface area (TPSA) is 55.4 Å². The molecule has 0 spiro atoms. The summed E-state index contributed by atoms with van der Waals surface area (Å²) in [5.41, 5.74) is 0. The molecule has 116 valence electrons. The van der Waals surface area contributed by atoms with Gasteiger partial charge in [-0.3, -0.25) is 9.59 Å².